The Morgan fingerprint density at radius 1 is 1.29 bits per heavy atom. The molecule has 0 amide bonds. The van der Waals surface area contributed by atoms with E-state index in [0.717, 1.165) is 24.1 Å². The molecule has 0 spiro atoms. The molecule has 1 atom stereocenters. The van der Waals surface area contributed by atoms with Gasteiger partial charge in [0.2, 0.25) is 0 Å². The molecule has 0 saturated carbocycles. The second-order valence-electron chi connectivity index (χ2n) is 4.08. The molecule has 1 heterocycles. The zero-order valence-corrected chi connectivity index (χ0v) is 10.3. The fraction of sp³-hybridized carbons (Fsp3) is 0.357. The maximum atomic E-state index is 10.4. The molecule has 0 saturated heterocycles. The van der Waals surface area contributed by atoms with Crippen molar-refractivity contribution < 1.29 is 5.11 Å². The van der Waals surface area contributed by atoms with Crippen molar-refractivity contribution in [3.63, 3.8) is 0 Å². The Balaban J connectivity index is 2.32. The Hall–Kier alpha value is -1.61. The number of aliphatic hydroxyl groups excluding tert-OH is 1. The van der Waals surface area contributed by atoms with Crippen LogP contribution in [0.25, 0.3) is 0 Å². The van der Waals surface area contributed by atoms with Crippen molar-refractivity contribution in [3.8, 4) is 0 Å². The fourth-order valence-corrected chi connectivity index (χ4v) is 2.00. The lowest BCUT2D eigenvalue weighted by Gasteiger charge is -2.13. The minimum Gasteiger partial charge on any atom is -0.384 e. The normalized spacial score (nSPS) is 12.6. The van der Waals surface area contributed by atoms with Crippen LogP contribution in [0.4, 0.5) is 0 Å². The van der Waals surface area contributed by atoms with Crippen molar-refractivity contribution in [2.45, 2.75) is 32.9 Å². The lowest BCUT2D eigenvalue weighted by Crippen LogP contribution is -2.02. The Labute approximate surface area is 102 Å². The summed E-state index contributed by atoms with van der Waals surface area (Å²) in [6.45, 7) is 4.95. The van der Waals surface area contributed by atoms with Gasteiger partial charge in [-0.25, -0.2) is 0 Å². The van der Waals surface area contributed by atoms with E-state index >= 15 is 0 Å². The Kier molecular flexibility index (Phi) is 3.59. The van der Waals surface area contributed by atoms with E-state index in [9.17, 15) is 5.11 Å². The van der Waals surface area contributed by atoms with Crippen LogP contribution in [0.3, 0.4) is 0 Å². The molecule has 2 aromatic rings. The molecule has 1 N–H and O–H groups in total. The molecule has 0 bridgehead atoms. The second kappa shape index (κ2) is 5.15. The molecule has 0 aliphatic carbocycles. The van der Waals surface area contributed by atoms with Crippen LogP contribution in [-0.4, -0.2) is 14.9 Å². The number of hydrogen-bond donors (Lipinski definition) is 1. The second-order valence-corrected chi connectivity index (χ2v) is 4.08. The van der Waals surface area contributed by atoms with Gasteiger partial charge in [0, 0.05) is 18.3 Å². The molecule has 0 aliphatic rings. The topological polar surface area (TPSA) is 38.1 Å². The fourth-order valence-electron chi connectivity index (χ4n) is 2.00. The Morgan fingerprint density at radius 3 is 2.71 bits per heavy atom. The highest BCUT2D eigenvalue weighted by Gasteiger charge is 2.14. The number of aryl methyl sites for hydroxylation is 2. The molecule has 17 heavy (non-hydrogen) atoms. The molecule has 3 heteroatoms. The van der Waals surface area contributed by atoms with Crippen LogP contribution in [0.15, 0.2) is 36.7 Å². The number of aromatic nitrogens is 2. The first-order chi connectivity index (χ1) is 8.26. The first kappa shape index (κ1) is 11.9. The lowest BCUT2D eigenvalue weighted by molar-refractivity contribution is 0.219. The quantitative estimate of drug-likeness (QED) is 0.876. The average molecular weight is 230 g/mol. The van der Waals surface area contributed by atoms with Crippen molar-refractivity contribution in [2.75, 3.05) is 0 Å². The summed E-state index contributed by atoms with van der Waals surface area (Å²) in [6.07, 6.45) is 3.99. The summed E-state index contributed by atoms with van der Waals surface area (Å²) in [5.41, 5.74) is 3.02. The number of hydrogen-bond acceptors (Lipinski definition) is 2. The smallest absolute Gasteiger partial charge is 0.107 e. The van der Waals surface area contributed by atoms with Crippen molar-refractivity contribution in [2.24, 2.45) is 0 Å². The highest BCUT2D eigenvalue weighted by atomic mass is 16.3. The van der Waals surface area contributed by atoms with Crippen molar-refractivity contribution in [1.29, 1.82) is 0 Å². The molecule has 0 radical (unpaired) electrons. The summed E-state index contributed by atoms with van der Waals surface area (Å²) in [6, 6.07) is 8.00. The lowest BCUT2D eigenvalue weighted by atomic mass is 9.97. The summed E-state index contributed by atoms with van der Waals surface area (Å²) >= 11 is 0. The number of benzene rings is 1. The molecule has 1 unspecified atom stereocenters. The van der Waals surface area contributed by atoms with E-state index in [1.165, 1.54) is 5.56 Å². The van der Waals surface area contributed by atoms with E-state index in [4.69, 9.17) is 0 Å². The van der Waals surface area contributed by atoms with E-state index in [-0.39, 0.29) is 0 Å². The van der Waals surface area contributed by atoms with Gasteiger partial charge in [-0.3, -0.25) is 4.68 Å². The average Bonchev–Trinajstić information content (AvgIpc) is 2.86. The van der Waals surface area contributed by atoms with Gasteiger partial charge in [-0.2, -0.15) is 5.10 Å². The van der Waals surface area contributed by atoms with Gasteiger partial charge in [-0.15, -0.1) is 0 Å². The summed E-state index contributed by atoms with van der Waals surface area (Å²) in [5, 5.41) is 14.6. The first-order valence-corrected chi connectivity index (χ1v) is 6.04. The van der Waals surface area contributed by atoms with Gasteiger partial charge in [0.15, 0.2) is 0 Å². The first-order valence-electron chi connectivity index (χ1n) is 6.04. The molecule has 1 aromatic heterocycles. The Bertz CT molecular complexity index is 490. The summed E-state index contributed by atoms with van der Waals surface area (Å²) < 4.78 is 1.83. The summed E-state index contributed by atoms with van der Waals surface area (Å²) in [7, 11) is 0. The summed E-state index contributed by atoms with van der Waals surface area (Å²) in [4.78, 5) is 0. The molecule has 0 fully saturated rings. The highest BCUT2D eigenvalue weighted by Crippen LogP contribution is 2.24. The van der Waals surface area contributed by atoms with Gasteiger partial charge in [-0.05, 0) is 24.5 Å². The highest BCUT2D eigenvalue weighted by molar-refractivity contribution is 5.34. The standard InChI is InChI=1S/C14H18N2O/c1-3-11-7-5-6-8-13(11)14(17)12-9-15-16(4-2)10-12/h5-10,14,17H,3-4H2,1-2H3. The van der Waals surface area contributed by atoms with Crippen LogP contribution in [0.2, 0.25) is 0 Å². The van der Waals surface area contributed by atoms with Gasteiger partial charge < -0.3 is 5.11 Å². The zero-order chi connectivity index (χ0) is 12.3. The van der Waals surface area contributed by atoms with Crippen molar-refractivity contribution >= 4 is 0 Å². The summed E-state index contributed by atoms with van der Waals surface area (Å²) in [5.74, 6) is 0. The van der Waals surface area contributed by atoms with Gasteiger partial charge in [0.25, 0.3) is 0 Å². The molecule has 3 nitrogen and oxygen atoms in total. The number of aliphatic hydroxyl groups is 1. The molecule has 2 rings (SSSR count). The van der Waals surface area contributed by atoms with E-state index in [1.54, 1.807) is 6.20 Å². The number of nitrogens with zero attached hydrogens (tertiary/aromatic N) is 2. The van der Waals surface area contributed by atoms with Crippen LogP contribution in [0, 0.1) is 0 Å². The maximum absolute atomic E-state index is 10.4. The third kappa shape index (κ3) is 2.39. The number of rotatable bonds is 4. The van der Waals surface area contributed by atoms with Crippen LogP contribution < -0.4 is 0 Å². The predicted molar refractivity (Wildman–Crippen MR) is 67.8 cm³/mol. The predicted octanol–water partition coefficient (Wildman–Crippen LogP) is 2.55. The minimum absolute atomic E-state index is 0.577. The maximum Gasteiger partial charge on any atom is 0.107 e. The third-order valence-corrected chi connectivity index (χ3v) is 3.02. The van der Waals surface area contributed by atoms with E-state index in [2.05, 4.69) is 18.1 Å². The molecule has 1 aromatic carbocycles. The zero-order valence-electron chi connectivity index (χ0n) is 10.3. The van der Waals surface area contributed by atoms with Gasteiger partial charge >= 0.3 is 0 Å². The van der Waals surface area contributed by atoms with Crippen molar-refractivity contribution in [1.82, 2.24) is 9.78 Å². The molecule has 0 aliphatic heterocycles. The van der Waals surface area contributed by atoms with Gasteiger partial charge in [0.05, 0.1) is 6.20 Å². The third-order valence-electron chi connectivity index (χ3n) is 3.02. The van der Waals surface area contributed by atoms with Crippen LogP contribution in [0.1, 0.15) is 36.6 Å². The van der Waals surface area contributed by atoms with E-state index in [0.29, 0.717) is 0 Å². The molecular weight excluding hydrogens is 212 g/mol. The SMILES string of the molecule is CCc1ccccc1C(O)c1cnn(CC)c1. The van der Waals surface area contributed by atoms with Gasteiger partial charge in [-0.1, -0.05) is 31.2 Å². The molecule has 90 valence electrons. The monoisotopic (exact) mass is 230 g/mol. The van der Waals surface area contributed by atoms with Crippen LogP contribution in [0.5, 0.6) is 0 Å². The van der Waals surface area contributed by atoms with E-state index < -0.39 is 6.10 Å². The van der Waals surface area contributed by atoms with E-state index in [1.807, 2.05) is 36.0 Å². The Morgan fingerprint density at radius 2 is 2.06 bits per heavy atom. The van der Waals surface area contributed by atoms with Crippen LogP contribution in [-0.2, 0) is 13.0 Å². The van der Waals surface area contributed by atoms with Crippen molar-refractivity contribution in [3.05, 3.63) is 53.3 Å². The van der Waals surface area contributed by atoms with Crippen LogP contribution >= 0.6 is 0 Å². The molecular formula is C14H18N2O. The largest absolute Gasteiger partial charge is 0.384 e. The van der Waals surface area contributed by atoms with Gasteiger partial charge in [0.1, 0.15) is 6.10 Å². The minimum atomic E-state index is -0.577.